The molecule has 0 aliphatic heterocycles. The monoisotopic (exact) mass is 218 g/mol. The van der Waals surface area contributed by atoms with Crippen molar-refractivity contribution in [1.82, 2.24) is 4.90 Å². The molecule has 0 bridgehead atoms. The van der Waals surface area contributed by atoms with Crippen LogP contribution >= 0.6 is 0 Å². The van der Waals surface area contributed by atoms with Crippen LogP contribution in [0.4, 0.5) is 0 Å². The largest absolute Gasteiger partial charge is 0.398 e. The molecular formula is C13H18N2O. The van der Waals surface area contributed by atoms with E-state index >= 15 is 0 Å². The molecule has 16 heavy (non-hydrogen) atoms. The minimum absolute atomic E-state index is 0.0664. The Bertz CT molecular complexity index is 410. The fraction of sp³-hybridized carbons (Fsp3) is 0.308. The maximum absolute atomic E-state index is 11.6. The lowest BCUT2D eigenvalue weighted by Crippen LogP contribution is -2.25. The zero-order chi connectivity index (χ0) is 12.1. The lowest BCUT2D eigenvalue weighted by Gasteiger charge is -2.12. The number of amides is 1. The molecular weight excluding hydrogens is 200 g/mol. The van der Waals surface area contributed by atoms with E-state index in [9.17, 15) is 4.79 Å². The van der Waals surface area contributed by atoms with Gasteiger partial charge in [-0.25, -0.2) is 0 Å². The molecule has 3 nitrogen and oxygen atoms in total. The topological polar surface area (TPSA) is 46.3 Å². The van der Waals surface area contributed by atoms with Gasteiger partial charge in [0.1, 0.15) is 0 Å². The van der Waals surface area contributed by atoms with Gasteiger partial charge in [-0.15, -0.1) is 0 Å². The number of carbonyl (C=O) groups excluding carboxylic acids is 1. The molecule has 1 rings (SSSR count). The van der Waals surface area contributed by atoms with Gasteiger partial charge in [-0.05, 0) is 19.4 Å². The lowest BCUT2D eigenvalue weighted by molar-refractivity contribution is -0.124. The molecule has 1 aromatic rings. The van der Waals surface area contributed by atoms with Crippen LogP contribution < -0.4 is 5.73 Å². The van der Waals surface area contributed by atoms with Crippen LogP contribution in [-0.4, -0.2) is 24.4 Å². The molecule has 1 aromatic carbocycles. The molecule has 0 aromatic heterocycles. The first-order valence-electron chi connectivity index (χ1n) is 5.34. The van der Waals surface area contributed by atoms with Gasteiger partial charge < -0.3 is 10.6 Å². The lowest BCUT2D eigenvalue weighted by atomic mass is 10.1. The van der Waals surface area contributed by atoms with Crippen molar-refractivity contribution >= 4 is 11.6 Å². The predicted molar refractivity (Wildman–Crippen MR) is 66.7 cm³/mol. The third-order valence-corrected chi connectivity index (χ3v) is 2.59. The molecule has 0 atom stereocenters. The highest BCUT2D eigenvalue weighted by atomic mass is 16.2. The summed E-state index contributed by atoms with van der Waals surface area (Å²) in [6, 6.07) is 7.76. The second-order valence-corrected chi connectivity index (χ2v) is 3.77. The Labute approximate surface area is 96.6 Å². The van der Waals surface area contributed by atoms with E-state index in [1.807, 2.05) is 38.1 Å². The highest BCUT2D eigenvalue weighted by molar-refractivity contribution is 5.94. The Morgan fingerprint density at radius 1 is 1.44 bits per heavy atom. The summed E-state index contributed by atoms with van der Waals surface area (Å²) in [5.41, 5.74) is 8.41. The quantitative estimate of drug-likeness (QED) is 0.786. The molecule has 86 valence electrons. The van der Waals surface area contributed by atoms with Crippen LogP contribution in [0.2, 0.25) is 0 Å². The normalized spacial score (nSPS) is 11.3. The van der Waals surface area contributed by atoms with Gasteiger partial charge >= 0.3 is 0 Å². The van der Waals surface area contributed by atoms with Crippen LogP contribution in [0.15, 0.2) is 30.3 Å². The van der Waals surface area contributed by atoms with Gasteiger partial charge in [0.25, 0.3) is 0 Å². The number of benzene rings is 1. The number of aryl methyl sites for hydroxylation is 1. The zero-order valence-corrected chi connectivity index (χ0v) is 10.0. The molecule has 1 amide bonds. The molecule has 0 unspecified atom stereocenters. The van der Waals surface area contributed by atoms with Gasteiger partial charge in [0.05, 0.1) is 0 Å². The first-order valence-corrected chi connectivity index (χ1v) is 5.34. The Balaban J connectivity index is 2.94. The van der Waals surface area contributed by atoms with Crippen LogP contribution in [0.1, 0.15) is 18.1 Å². The van der Waals surface area contributed by atoms with E-state index in [1.54, 1.807) is 11.9 Å². The smallest absolute Gasteiger partial charge is 0.248 e. The van der Waals surface area contributed by atoms with Crippen LogP contribution in [0.25, 0.3) is 5.70 Å². The van der Waals surface area contributed by atoms with Gasteiger partial charge in [-0.2, -0.15) is 0 Å². The Kier molecular flexibility index (Phi) is 4.11. The first kappa shape index (κ1) is 12.3. The highest BCUT2D eigenvalue weighted by Crippen LogP contribution is 2.13. The summed E-state index contributed by atoms with van der Waals surface area (Å²) in [5.74, 6) is -0.0664. The molecule has 2 N–H and O–H groups in total. The molecule has 0 radical (unpaired) electrons. The highest BCUT2D eigenvalue weighted by Gasteiger charge is 2.06. The molecule has 0 aliphatic carbocycles. The first-order chi connectivity index (χ1) is 7.56. The SMILES string of the molecule is CCN(C)C(=O)/C=C(/N)c1ccccc1C. The minimum atomic E-state index is -0.0664. The number of nitrogens with two attached hydrogens (primary N) is 1. The van der Waals surface area contributed by atoms with E-state index in [0.29, 0.717) is 12.2 Å². The minimum Gasteiger partial charge on any atom is -0.398 e. The maximum Gasteiger partial charge on any atom is 0.248 e. The Morgan fingerprint density at radius 3 is 2.62 bits per heavy atom. The van der Waals surface area contributed by atoms with Crippen LogP contribution in [0, 0.1) is 6.92 Å². The Morgan fingerprint density at radius 2 is 2.06 bits per heavy atom. The van der Waals surface area contributed by atoms with E-state index < -0.39 is 0 Å². The van der Waals surface area contributed by atoms with E-state index in [1.165, 1.54) is 6.08 Å². The number of hydrogen-bond acceptors (Lipinski definition) is 2. The molecule has 0 saturated carbocycles. The second kappa shape index (κ2) is 5.35. The van der Waals surface area contributed by atoms with Crippen LogP contribution in [0.5, 0.6) is 0 Å². The van der Waals surface area contributed by atoms with Crippen LogP contribution in [-0.2, 0) is 4.79 Å². The van der Waals surface area contributed by atoms with Crippen molar-refractivity contribution in [3.05, 3.63) is 41.5 Å². The van der Waals surface area contributed by atoms with Gasteiger partial charge in [-0.1, -0.05) is 24.3 Å². The van der Waals surface area contributed by atoms with Crippen molar-refractivity contribution in [3.63, 3.8) is 0 Å². The van der Waals surface area contributed by atoms with Crippen molar-refractivity contribution < 1.29 is 4.79 Å². The van der Waals surface area contributed by atoms with Crippen molar-refractivity contribution in [1.29, 1.82) is 0 Å². The Hall–Kier alpha value is -1.77. The summed E-state index contributed by atoms with van der Waals surface area (Å²) in [5, 5.41) is 0. The number of hydrogen-bond donors (Lipinski definition) is 1. The third-order valence-electron chi connectivity index (χ3n) is 2.59. The fourth-order valence-electron chi connectivity index (χ4n) is 1.37. The van der Waals surface area contributed by atoms with E-state index in [4.69, 9.17) is 5.73 Å². The molecule has 0 spiro atoms. The van der Waals surface area contributed by atoms with Gasteiger partial charge in [0.2, 0.25) is 5.91 Å². The van der Waals surface area contributed by atoms with Crippen molar-refractivity contribution in [2.45, 2.75) is 13.8 Å². The second-order valence-electron chi connectivity index (χ2n) is 3.77. The third kappa shape index (κ3) is 2.86. The van der Waals surface area contributed by atoms with Gasteiger partial charge in [0.15, 0.2) is 0 Å². The number of rotatable bonds is 3. The van der Waals surface area contributed by atoms with Gasteiger partial charge in [-0.3, -0.25) is 4.79 Å². The van der Waals surface area contributed by atoms with Crippen LogP contribution in [0.3, 0.4) is 0 Å². The number of nitrogens with zero attached hydrogens (tertiary/aromatic N) is 1. The standard InChI is InChI=1S/C13H18N2O/c1-4-15(3)13(16)9-12(14)11-8-6-5-7-10(11)2/h5-9H,4,14H2,1-3H3/b12-9+. The van der Waals surface area contributed by atoms with E-state index in [-0.39, 0.29) is 5.91 Å². The van der Waals surface area contributed by atoms with E-state index in [0.717, 1.165) is 11.1 Å². The van der Waals surface area contributed by atoms with Crippen molar-refractivity contribution in [2.75, 3.05) is 13.6 Å². The fourth-order valence-corrected chi connectivity index (χ4v) is 1.37. The average Bonchev–Trinajstić information content (AvgIpc) is 2.28. The zero-order valence-electron chi connectivity index (χ0n) is 10.0. The summed E-state index contributed by atoms with van der Waals surface area (Å²) in [7, 11) is 1.75. The molecule has 0 fully saturated rings. The summed E-state index contributed by atoms with van der Waals surface area (Å²) in [6.45, 7) is 4.58. The summed E-state index contributed by atoms with van der Waals surface area (Å²) in [6.07, 6.45) is 1.48. The average molecular weight is 218 g/mol. The molecule has 3 heteroatoms. The maximum atomic E-state index is 11.6. The van der Waals surface area contributed by atoms with Gasteiger partial charge in [0, 0.05) is 30.9 Å². The summed E-state index contributed by atoms with van der Waals surface area (Å²) >= 11 is 0. The van der Waals surface area contributed by atoms with Crippen molar-refractivity contribution in [2.24, 2.45) is 5.73 Å². The molecule has 0 saturated heterocycles. The molecule has 0 heterocycles. The number of likely N-dealkylation sites (N-methyl/N-ethyl adjacent to an activating group) is 1. The summed E-state index contributed by atoms with van der Waals surface area (Å²) < 4.78 is 0. The summed E-state index contributed by atoms with van der Waals surface area (Å²) in [4.78, 5) is 13.3. The molecule has 0 aliphatic rings. The number of carbonyl (C=O) groups is 1. The van der Waals surface area contributed by atoms with E-state index in [2.05, 4.69) is 0 Å². The van der Waals surface area contributed by atoms with Crippen molar-refractivity contribution in [3.8, 4) is 0 Å². The predicted octanol–water partition coefficient (Wildman–Crippen LogP) is 1.77.